The number of para-hydroxylation sites is 4. The van der Waals surface area contributed by atoms with E-state index in [9.17, 15) is 5.26 Å². The number of rotatable bonds is 6. The fourth-order valence-electron chi connectivity index (χ4n) is 12.7. The van der Waals surface area contributed by atoms with Crippen LogP contribution in [0.2, 0.25) is 0 Å². The SMILES string of the molecule is N#Cc1c(-c2ccc(-n3c4ccccc4c4ccccc43)cc2)c(-n2c3cc(C(F)(F)F)ccc3c3ccc(C(F)(F)F)cc32)nc(-c2ccc(-n3c4ccccc4c4ccccc43)cc2)c1-n1c2cc(C(F)(F)F)ccc2c2ccc(C(F)(F)F)cc21. The molecule has 0 saturated carbocycles. The molecule has 0 aliphatic carbocycles. The van der Waals surface area contributed by atoms with Crippen LogP contribution < -0.4 is 0 Å². The van der Waals surface area contributed by atoms with Gasteiger partial charge in [0.1, 0.15) is 11.9 Å². The Morgan fingerprint density at radius 3 is 0.920 bits per heavy atom. The third kappa shape index (κ3) is 8.31. The van der Waals surface area contributed by atoms with Gasteiger partial charge in [-0.3, -0.25) is 4.57 Å². The zero-order valence-electron chi connectivity index (χ0n) is 45.0. The molecule has 0 bridgehead atoms. The number of alkyl halides is 12. The Hall–Kier alpha value is -10.8. The van der Waals surface area contributed by atoms with E-state index in [1.165, 1.54) is 0 Å². The van der Waals surface area contributed by atoms with Gasteiger partial charge in [-0.25, -0.2) is 4.98 Å². The molecule has 0 spiro atoms. The van der Waals surface area contributed by atoms with Crippen LogP contribution in [0.25, 0.3) is 132 Å². The number of nitrogens with zero attached hydrogens (tertiary/aromatic N) is 6. The molecule has 6 nitrogen and oxygen atoms in total. The number of halogens is 12. The lowest BCUT2D eigenvalue weighted by Crippen LogP contribution is -2.12. The number of benzene rings is 10. The molecule has 88 heavy (non-hydrogen) atoms. The third-order valence-electron chi connectivity index (χ3n) is 16.5. The number of nitriles is 1. The number of fused-ring (bicyclic) bond motifs is 12. The summed E-state index contributed by atoms with van der Waals surface area (Å²) >= 11 is 0. The number of pyridine rings is 1. The van der Waals surface area contributed by atoms with Crippen LogP contribution in [0, 0.1) is 11.3 Å². The summed E-state index contributed by atoms with van der Waals surface area (Å²) in [5.41, 5.74) is -2.90. The van der Waals surface area contributed by atoms with Crippen molar-refractivity contribution in [2.75, 3.05) is 0 Å². The van der Waals surface area contributed by atoms with Crippen LogP contribution in [0.15, 0.2) is 218 Å². The van der Waals surface area contributed by atoms with Crippen molar-refractivity contribution in [1.29, 1.82) is 5.26 Å². The van der Waals surface area contributed by atoms with Crippen molar-refractivity contribution in [3.63, 3.8) is 0 Å². The predicted octanol–water partition coefficient (Wildman–Crippen LogP) is 20.8. The predicted molar refractivity (Wildman–Crippen MR) is 317 cm³/mol. The van der Waals surface area contributed by atoms with Gasteiger partial charge >= 0.3 is 24.7 Å². The third-order valence-corrected chi connectivity index (χ3v) is 16.5. The second kappa shape index (κ2) is 19.1. The van der Waals surface area contributed by atoms with Gasteiger partial charge in [-0.05, 0) is 103 Å². The molecule has 0 aliphatic heterocycles. The quantitative estimate of drug-likeness (QED) is 0.156. The summed E-state index contributed by atoms with van der Waals surface area (Å²) in [6.45, 7) is 0. The lowest BCUT2D eigenvalue weighted by Gasteiger charge is -2.23. The molecule has 18 heteroatoms. The highest BCUT2D eigenvalue weighted by molar-refractivity contribution is 6.14. The highest BCUT2D eigenvalue weighted by Gasteiger charge is 2.38. The minimum Gasteiger partial charge on any atom is -0.309 e. The van der Waals surface area contributed by atoms with Gasteiger partial charge in [-0.1, -0.05) is 121 Å². The van der Waals surface area contributed by atoms with Crippen molar-refractivity contribution >= 4 is 87.2 Å². The second-order valence-electron chi connectivity index (χ2n) is 21.4. The van der Waals surface area contributed by atoms with E-state index in [0.29, 0.717) is 11.4 Å². The fourth-order valence-corrected chi connectivity index (χ4v) is 12.7. The molecule has 0 radical (unpaired) electrons. The van der Waals surface area contributed by atoms with Crippen LogP contribution >= 0.6 is 0 Å². The summed E-state index contributed by atoms with van der Waals surface area (Å²) < 4.78 is 187. The standard InChI is InChI=1S/C70H36F12N6/c71-67(72,73)40-21-29-50-51-30-22-41(68(74,75)76)34-60(51)87(59(50)33-40)65-54(37-83)63(38-17-25-44(26-18-38)85-55-13-5-1-9-46(55)47-10-2-6-14-56(47)85)66(88-61-35-42(69(77,78)79)23-31-52(61)53-32-24-43(36-62(53)88)70(80,81)82)84-64(65)39-19-27-45(28-20-39)86-57-15-7-3-11-48(57)49-12-4-8-16-58(49)86/h1-36H. The van der Waals surface area contributed by atoms with Crippen molar-refractivity contribution in [2.45, 2.75) is 24.7 Å². The zero-order valence-corrected chi connectivity index (χ0v) is 45.0. The Morgan fingerprint density at radius 1 is 0.307 bits per heavy atom. The van der Waals surface area contributed by atoms with E-state index in [1.807, 2.05) is 106 Å². The molecule has 0 amide bonds. The van der Waals surface area contributed by atoms with Crippen LogP contribution in [-0.2, 0) is 24.7 Å². The smallest absolute Gasteiger partial charge is 0.309 e. The van der Waals surface area contributed by atoms with Gasteiger partial charge < -0.3 is 13.7 Å². The Kier molecular flexibility index (Phi) is 11.7. The van der Waals surface area contributed by atoms with E-state index in [-0.39, 0.29) is 71.7 Å². The molecular weight excluding hydrogens is 1150 g/mol. The zero-order chi connectivity index (χ0) is 60.9. The summed E-state index contributed by atoms with van der Waals surface area (Å²) in [6.07, 6.45) is -20.0. The van der Waals surface area contributed by atoms with Crippen LogP contribution in [0.5, 0.6) is 0 Å². The van der Waals surface area contributed by atoms with Gasteiger partial charge in [0.25, 0.3) is 0 Å². The topological polar surface area (TPSA) is 56.4 Å². The molecule has 15 rings (SSSR count). The lowest BCUT2D eigenvalue weighted by atomic mass is 9.95. The van der Waals surface area contributed by atoms with Gasteiger partial charge in [-0.15, -0.1) is 0 Å². The first-order valence-electron chi connectivity index (χ1n) is 27.3. The first kappa shape index (κ1) is 53.9. The molecule has 0 saturated heterocycles. The van der Waals surface area contributed by atoms with Crippen LogP contribution in [0.3, 0.4) is 0 Å². The molecule has 0 aliphatic rings. The van der Waals surface area contributed by atoms with Crippen LogP contribution in [0.1, 0.15) is 27.8 Å². The lowest BCUT2D eigenvalue weighted by molar-refractivity contribution is -0.138. The van der Waals surface area contributed by atoms with E-state index in [1.54, 1.807) is 48.5 Å². The van der Waals surface area contributed by atoms with Gasteiger partial charge in [-0.2, -0.15) is 57.9 Å². The maximum absolute atomic E-state index is 15.1. The summed E-state index contributed by atoms with van der Waals surface area (Å²) in [5.74, 6) is -0.405. The van der Waals surface area contributed by atoms with Gasteiger partial charge in [0.15, 0.2) is 0 Å². The maximum Gasteiger partial charge on any atom is 0.416 e. The fraction of sp³-hybridized carbons (Fsp3) is 0.0571. The molecule has 15 aromatic rings. The number of hydrogen-bond donors (Lipinski definition) is 0. The second-order valence-corrected chi connectivity index (χ2v) is 21.4. The Labute approximate surface area is 488 Å². The largest absolute Gasteiger partial charge is 0.416 e. The molecular formula is C70H36F12N6. The van der Waals surface area contributed by atoms with E-state index in [0.717, 1.165) is 126 Å². The normalized spacial score (nSPS) is 12.8. The van der Waals surface area contributed by atoms with E-state index >= 15 is 52.7 Å². The highest BCUT2D eigenvalue weighted by atomic mass is 19.4. The first-order chi connectivity index (χ1) is 42.2. The van der Waals surface area contributed by atoms with Crippen molar-refractivity contribution in [3.8, 4) is 51.3 Å². The van der Waals surface area contributed by atoms with Crippen LogP contribution in [-0.4, -0.2) is 23.3 Å². The number of hydrogen-bond acceptors (Lipinski definition) is 2. The maximum atomic E-state index is 15.1. The van der Waals surface area contributed by atoms with Crippen molar-refractivity contribution in [1.82, 2.24) is 23.3 Å². The molecule has 5 heterocycles. The van der Waals surface area contributed by atoms with E-state index < -0.39 is 58.3 Å². The molecule has 5 aromatic heterocycles. The Balaban J connectivity index is 1.12. The molecule has 0 atom stereocenters. The molecule has 0 fully saturated rings. The number of aromatic nitrogens is 5. The molecule has 10 aromatic carbocycles. The van der Waals surface area contributed by atoms with Crippen molar-refractivity contribution in [2.24, 2.45) is 0 Å². The highest BCUT2D eigenvalue weighted by Crippen LogP contribution is 2.48. The molecule has 0 unspecified atom stereocenters. The van der Waals surface area contributed by atoms with Gasteiger partial charge in [0, 0.05) is 65.6 Å². The minimum absolute atomic E-state index is 0.0381. The summed E-state index contributed by atoms with van der Waals surface area (Å²) in [7, 11) is 0. The molecule has 0 N–H and O–H groups in total. The average Bonchev–Trinajstić information content (AvgIpc) is 1.51. The Morgan fingerprint density at radius 2 is 0.602 bits per heavy atom. The Bertz CT molecular complexity index is 5210. The van der Waals surface area contributed by atoms with Crippen molar-refractivity contribution in [3.05, 3.63) is 246 Å². The summed E-state index contributed by atoms with van der Waals surface area (Å²) in [4.78, 5) is 5.28. The molecule has 430 valence electrons. The van der Waals surface area contributed by atoms with Crippen molar-refractivity contribution < 1.29 is 52.7 Å². The minimum atomic E-state index is -5.01. The first-order valence-corrected chi connectivity index (χ1v) is 27.3. The monoisotopic (exact) mass is 1190 g/mol. The van der Waals surface area contributed by atoms with E-state index in [4.69, 9.17) is 4.98 Å². The van der Waals surface area contributed by atoms with Gasteiger partial charge in [0.05, 0.1) is 83.3 Å². The summed E-state index contributed by atoms with van der Waals surface area (Å²) in [5, 5.41) is 15.9. The average molecular weight is 1190 g/mol. The van der Waals surface area contributed by atoms with Gasteiger partial charge in [0.2, 0.25) is 0 Å². The van der Waals surface area contributed by atoms with Crippen LogP contribution in [0.4, 0.5) is 52.7 Å². The van der Waals surface area contributed by atoms with E-state index in [2.05, 4.69) is 6.07 Å². The summed E-state index contributed by atoms with van der Waals surface area (Å²) in [6, 6.07) is 56.2.